The van der Waals surface area contributed by atoms with Crippen LogP contribution in [0.5, 0.6) is 0 Å². The molecular formula is C17H27NO8. The summed E-state index contributed by atoms with van der Waals surface area (Å²) >= 11 is 0. The van der Waals surface area contributed by atoms with Crippen LogP contribution >= 0.6 is 0 Å². The fourth-order valence-electron chi connectivity index (χ4n) is 4.53. The van der Waals surface area contributed by atoms with Gasteiger partial charge in [-0.2, -0.15) is 5.06 Å². The van der Waals surface area contributed by atoms with Crippen molar-refractivity contribution < 1.29 is 38.1 Å². The average Bonchev–Trinajstić information content (AvgIpc) is 3.06. The van der Waals surface area contributed by atoms with Crippen molar-refractivity contribution in [3.8, 4) is 0 Å². The van der Waals surface area contributed by atoms with Crippen molar-refractivity contribution >= 4 is 5.97 Å². The molecular weight excluding hydrogens is 346 g/mol. The molecule has 4 aliphatic heterocycles. The highest BCUT2D eigenvalue weighted by atomic mass is 16.9. The molecule has 148 valence electrons. The summed E-state index contributed by atoms with van der Waals surface area (Å²) in [5.41, 5.74) is -1.15. The number of methoxy groups -OCH3 is 1. The fraction of sp³-hybridized carbons (Fsp3) is 0.941. The van der Waals surface area contributed by atoms with Gasteiger partial charge in [-0.05, 0) is 20.8 Å². The molecule has 9 nitrogen and oxygen atoms in total. The lowest BCUT2D eigenvalue weighted by Gasteiger charge is -2.33. The van der Waals surface area contributed by atoms with Crippen molar-refractivity contribution in [2.45, 2.75) is 68.7 Å². The lowest BCUT2D eigenvalue weighted by Crippen LogP contribution is -2.50. The monoisotopic (exact) mass is 373 g/mol. The third kappa shape index (κ3) is 2.61. The van der Waals surface area contributed by atoms with E-state index in [0.717, 1.165) is 0 Å². The van der Waals surface area contributed by atoms with Crippen LogP contribution in [0.15, 0.2) is 0 Å². The highest BCUT2D eigenvalue weighted by molar-refractivity contribution is 5.80. The van der Waals surface area contributed by atoms with Gasteiger partial charge in [0.05, 0.1) is 19.3 Å². The molecule has 4 aliphatic rings. The van der Waals surface area contributed by atoms with Gasteiger partial charge in [-0.1, -0.05) is 0 Å². The third-order valence-corrected chi connectivity index (χ3v) is 5.43. The van der Waals surface area contributed by atoms with Gasteiger partial charge in [0, 0.05) is 20.6 Å². The van der Waals surface area contributed by atoms with Gasteiger partial charge in [0.25, 0.3) is 0 Å². The van der Waals surface area contributed by atoms with Crippen molar-refractivity contribution in [1.29, 1.82) is 0 Å². The standard InChI is InChI=1S/C17H27NO8/c1-6-21-14(19)16-7-10(18(4)26-16)11-12(22-8-16)13-17(23-11,9-20-5)25-15(2,3)24-13/h10-13H,6-9H2,1-5H3/t10-,11+,12-,13+,16+,17+/m1/s1. The fourth-order valence-corrected chi connectivity index (χ4v) is 4.53. The van der Waals surface area contributed by atoms with Gasteiger partial charge in [-0.3, -0.25) is 4.84 Å². The summed E-state index contributed by atoms with van der Waals surface area (Å²) in [7, 11) is 3.38. The Morgan fingerprint density at radius 3 is 2.73 bits per heavy atom. The molecule has 26 heavy (non-hydrogen) atoms. The molecule has 0 aromatic carbocycles. The van der Waals surface area contributed by atoms with Crippen LogP contribution in [0.3, 0.4) is 0 Å². The predicted octanol–water partition coefficient (Wildman–Crippen LogP) is 0.216. The molecule has 0 spiro atoms. The van der Waals surface area contributed by atoms with Crippen molar-refractivity contribution in [3.63, 3.8) is 0 Å². The highest BCUT2D eigenvalue weighted by Crippen LogP contribution is 2.51. The zero-order valence-corrected chi connectivity index (χ0v) is 15.9. The van der Waals surface area contributed by atoms with E-state index < -0.39 is 35.4 Å². The van der Waals surface area contributed by atoms with Crippen molar-refractivity contribution in [1.82, 2.24) is 5.06 Å². The number of esters is 1. The minimum Gasteiger partial charge on any atom is -0.464 e. The largest absolute Gasteiger partial charge is 0.464 e. The number of hydroxylamine groups is 2. The van der Waals surface area contributed by atoms with Gasteiger partial charge >= 0.3 is 5.97 Å². The molecule has 0 N–H and O–H groups in total. The normalized spacial score (nSPS) is 46.7. The van der Waals surface area contributed by atoms with Crippen molar-refractivity contribution in [2.24, 2.45) is 0 Å². The number of nitrogens with zero attached hydrogens (tertiary/aromatic N) is 1. The van der Waals surface area contributed by atoms with E-state index in [4.69, 9.17) is 33.3 Å². The first-order valence-electron chi connectivity index (χ1n) is 9.01. The lowest BCUT2D eigenvalue weighted by atomic mass is 9.93. The zero-order valence-electron chi connectivity index (χ0n) is 15.9. The molecule has 6 atom stereocenters. The molecule has 4 fully saturated rings. The number of rotatable bonds is 4. The van der Waals surface area contributed by atoms with Crippen molar-refractivity contribution in [2.75, 3.05) is 34.0 Å². The van der Waals surface area contributed by atoms with Gasteiger partial charge in [0.15, 0.2) is 5.79 Å². The number of likely N-dealkylation sites (N-methyl/N-ethyl adjacent to an activating group) is 1. The highest BCUT2D eigenvalue weighted by Gasteiger charge is 2.70. The lowest BCUT2D eigenvalue weighted by molar-refractivity contribution is -0.295. The molecule has 0 amide bonds. The number of carbonyl (C=O) groups is 1. The van der Waals surface area contributed by atoms with Gasteiger partial charge < -0.3 is 28.4 Å². The van der Waals surface area contributed by atoms with E-state index in [-0.39, 0.29) is 32.0 Å². The Morgan fingerprint density at radius 1 is 1.27 bits per heavy atom. The van der Waals surface area contributed by atoms with Crippen LogP contribution in [0, 0.1) is 0 Å². The summed E-state index contributed by atoms with van der Waals surface area (Å²) in [4.78, 5) is 18.4. The maximum Gasteiger partial charge on any atom is 0.343 e. The molecule has 4 rings (SSSR count). The topological polar surface area (TPSA) is 84.9 Å². The second kappa shape index (κ2) is 6.10. The van der Waals surface area contributed by atoms with Crippen LogP contribution in [0.25, 0.3) is 0 Å². The molecule has 0 aliphatic carbocycles. The molecule has 0 saturated carbocycles. The van der Waals surface area contributed by atoms with E-state index >= 15 is 0 Å². The molecule has 0 unspecified atom stereocenters. The Labute approximate surface area is 152 Å². The number of ether oxygens (including phenoxy) is 6. The van der Waals surface area contributed by atoms with Gasteiger partial charge in [0.1, 0.15) is 24.9 Å². The van der Waals surface area contributed by atoms with E-state index in [1.165, 1.54) is 0 Å². The van der Waals surface area contributed by atoms with Gasteiger partial charge in [-0.25, -0.2) is 4.79 Å². The maximum absolute atomic E-state index is 12.5. The molecule has 2 bridgehead atoms. The summed E-state index contributed by atoms with van der Waals surface area (Å²) in [6, 6.07) is -0.193. The smallest absolute Gasteiger partial charge is 0.343 e. The second-order valence-corrected chi connectivity index (χ2v) is 7.77. The van der Waals surface area contributed by atoms with E-state index in [9.17, 15) is 4.79 Å². The van der Waals surface area contributed by atoms with E-state index in [2.05, 4.69) is 0 Å². The summed E-state index contributed by atoms with van der Waals surface area (Å²) in [6.45, 7) is 6.01. The molecule has 4 saturated heterocycles. The first-order chi connectivity index (χ1) is 12.3. The van der Waals surface area contributed by atoms with Gasteiger partial charge in [-0.15, -0.1) is 0 Å². The zero-order chi connectivity index (χ0) is 18.7. The van der Waals surface area contributed by atoms with Crippen molar-refractivity contribution in [3.05, 3.63) is 0 Å². The number of hydrogen-bond acceptors (Lipinski definition) is 9. The number of fused-ring (bicyclic) bond motifs is 6. The van der Waals surface area contributed by atoms with E-state index in [1.54, 1.807) is 26.1 Å². The Morgan fingerprint density at radius 2 is 2.04 bits per heavy atom. The predicted molar refractivity (Wildman–Crippen MR) is 85.9 cm³/mol. The Balaban J connectivity index is 1.64. The van der Waals surface area contributed by atoms with E-state index in [0.29, 0.717) is 6.42 Å². The van der Waals surface area contributed by atoms with E-state index in [1.807, 2.05) is 13.8 Å². The summed E-state index contributed by atoms with van der Waals surface area (Å²) in [6.07, 6.45) is -0.827. The average molecular weight is 373 g/mol. The molecule has 0 aromatic heterocycles. The summed E-state index contributed by atoms with van der Waals surface area (Å²) in [5.74, 6) is -2.27. The van der Waals surface area contributed by atoms with Crippen LogP contribution in [-0.2, 0) is 38.1 Å². The summed E-state index contributed by atoms with van der Waals surface area (Å²) < 4.78 is 35.2. The van der Waals surface area contributed by atoms with Crippen LogP contribution in [0.1, 0.15) is 27.2 Å². The van der Waals surface area contributed by atoms with Gasteiger partial charge in [0.2, 0.25) is 11.4 Å². The minimum atomic E-state index is -1.15. The second-order valence-electron chi connectivity index (χ2n) is 7.77. The Hall–Kier alpha value is -0.810. The third-order valence-electron chi connectivity index (χ3n) is 5.43. The number of carbonyl (C=O) groups excluding carboxylic acids is 1. The Bertz CT molecular complexity index is 585. The maximum atomic E-state index is 12.5. The minimum absolute atomic E-state index is 0.0700. The Kier molecular flexibility index (Phi) is 4.35. The molecule has 9 heteroatoms. The van der Waals surface area contributed by atoms with Crippen LogP contribution in [-0.4, -0.2) is 86.5 Å². The number of hydrogen-bond donors (Lipinski definition) is 0. The first kappa shape index (κ1) is 18.5. The first-order valence-corrected chi connectivity index (χ1v) is 9.01. The molecule has 4 heterocycles. The molecule has 0 radical (unpaired) electrons. The summed E-state index contributed by atoms with van der Waals surface area (Å²) in [5, 5.41) is 1.67. The molecule has 0 aromatic rings. The SMILES string of the molecule is CCOC(=O)[C@@]12CO[C@@H]3[C@@H](O[C@@]4(COC)OC(C)(C)O[C@@H]34)[C@@H](C1)N(C)O2. The van der Waals surface area contributed by atoms with Crippen LogP contribution in [0.4, 0.5) is 0 Å². The van der Waals surface area contributed by atoms with Crippen LogP contribution < -0.4 is 0 Å². The quantitative estimate of drug-likeness (QED) is 0.642. The van der Waals surface area contributed by atoms with Crippen LogP contribution in [0.2, 0.25) is 0 Å².